The van der Waals surface area contributed by atoms with Gasteiger partial charge < -0.3 is 0 Å². The largest absolute Gasteiger partial charge is 0.470 e. The summed E-state index contributed by atoms with van der Waals surface area (Å²) >= 11 is -0.621. The van der Waals surface area contributed by atoms with E-state index in [0.717, 1.165) is 11.5 Å². The molecule has 0 aromatic rings. The third-order valence-electron chi connectivity index (χ3n) is 3.40. The lowest BCUT2D eigenvalue weighted by Crippen LogP contribution is -2.61. The Morgan fingerprint density at radius 3 is 2.75 bits per heavy atom. The van der Waals surface area contributed by atoms with Crippen molar-refractivity contribution in [3.8, 4) is 0 Å². The first-order chi connectivity index (χ1) is 7.47. The smallest absolute Gasteiger partial charge is 0.272 e. The minimum absolute atomic E-state index is 0.149. The van der Waals surface area contributed by atoms with E-state index < -0.39 is 17.6 Å². The lowest BCUT2D eigenvalue weighted by atomic mass is 9.81. The van der Waals surface area contributed by atoms with Crippen molar-refractivity contribution in [2.24, 2.45) is 17.8 Å². The number of nitrogens with zero attached hydrogens (tertiary/aromatic N) is 1. The van der Waals surface area contributed by atoms with Gasteiger partial charge in [0, 0.05) is 5.92 Å². The maximum Gasteiger partial charge on any atom is 0.470 e. The average molecular weight is 251 g/mol. The summed E-state index contributed by atoms with van der Waals surface area (Å²) in [6.45, 7) is 0. The van der Waals surface area contributed by atoms with Crippen LogP contribution in [0.15, 0.2) is 12.2 Å². The highest BCUT2D eigenvalue weighted by atomic mass is 32.2. The molecule has 1 heterocycles. The van der Waals surface area contributed by atoms with Gasteiger partial charge in [-0.05, 0) is 12.3 Å². The molecule has 7 heteroatoms. The van der Waals surface area contributed by atoms with Gasteiger partial charge in [-0.1, -0.05) is 12.2 Å². The van der Waals surface area contributed by atoms with Gasteiger partial charge in [-0.25, -0.2) is 5.06 Å². The molecule has 3 nitrogen and oxygen atoms in total. The first kappa shape index (κ1) is 10.5. The second-order valence-electron chi connectivity index (χ2n) is 4.23. The number of allylic oxidation sites excluding steroid dienone is 1. The number of β-lactam (4-membered cyclic amide) rings is 1. The van der Waals surface area contributed by atoms with Crippen molar-refractivity contribution in [3.05, 3.63) is 12.2 Å². The summed E-state index contributed by atoms with van der Waals surface area (Å²) in [5, 5.41) is 0.886. The summed E-state index contributed by atoms with van der Waals surface area (Å²) in [5.74, 6) is -0.0952. The lowest BCUT2D eigenvalue weighted by Gasteiger charge is -2.45. The van der Waals surface area contributed by atoms with Gasteiger partial charge in [-0.2, -0.15) is 17.5 Å². The van der Waals surface area contributed by atoms with Crippen LogP contribution in [0.3, 0.4) is 0 Å². The number of alkyl halides is 3. The molecule has 2 aliphatic carbocycles. The maximum absolute atomic E-state index is 11.9. The molecule has 1 aliphatic heterocycles. The minimum Gasteiger partial charge on any atom is -0.272 e. The first-order valence-electron chi connectivity index (χ1n) is 4.91. The van der Waals surface area contributed by atoms with Crippen molar-refractivity contribution in [1.29, 1.82) is 0 Å². The van der Waals surface area contributed by atoms with E-state index in [-0.39, 0.29) is 29.7 Å². The number of amides is 1. The van der Waals surface area contributed by atoms with Gasteiger partial charge in [0.15, 0.2) is 0 Å². The topological polar surface area (TPSA) is 29.5 Å². The molecular formula is C9H8F3NO2S. The zero-order valence-electron chi connectivity index (χ0n) is 7.98. The van der Waals surface area contributed by atoms with Crippen LogP contribution in [0.1, 0.15) is 6.42 Å². The van der Waals surface area contributed by atoms with Crippen LogP contribution < -0.4 is 0 Å². The normalized spacial score (nSPS) is 40.2. The van der Waals surface area contributed by atoms with Gasteiger partial charge in [0.2, 0.25) is 0 Å². The quantitative estimate of drug-likeness (QED) is 0.427. The van der Waals surface area contributed by atoms with Crippen LogP contribution in [-0.2, 0) is 9.08 Å². The van der Waals surface area contributed by atoms with Gasteiger partial charge in [0.1, 0.15) is 12.0 Å². The second-order valence-corrected chi connectivity index (χ2v) is 5.01. The highest BCUT2D eigenvalue weighted by Gasteiger charge is 2.62. The Hall–Kier alpha value is -0.690. The molecule has 3 aliphatic rings. The van der Waals surface area contributed by atoms with E-state index in [1.165, 1.54) is 0 Å². The van der Waals surface area contributed by atoms with E-state index in [4.69, 9.17) is 0 Å². The van der Waals surface area contributed by atoms with E-state index in [0.29, 0.717) is 0 Å². The molecule has 1 saturated carbocycles. The summed E-state index contributed by atoms with van der Waals surface area (Å²) in [4.78, 5) is 11.5. The van der Waals surface area contributed by atoms with E-state index in [1.807, 2.05) is 12.2 Å². The molecule has 2 bridgehead atoms. The fourth-order valence-corrected chi connectivity index (χ4v) is 3.16. The standard InChI is InChI=1S/C9H8F3NO2S/c10-9(11,12)16-15-13-7-5-2-1-4(3-5)6(7)8(13)14/h1-2,4-7H,3H2. The number of hydroxylamine groups is 2. The van der Waals surface area contributed by atoms with Crippen molar-refractivity contribution >= 4 is 17.9 Å². The Labute approximate surface area is 93.8 Å². The fourth-order valence-electron chi connectivity index (χ4n) is 2.83. The lowest BCUT2D eigenvalue weighted by molar-refractivity contribution is -0.204. The number of carbonyl (C=O) groups is 1. The first-order valence-corrected chi connectivity index (χ1v) is 5.65. The van der Waals surface area contributed by atoms with Crippen LogP contribution in [0.2, 0.25) is 0 Å². The van der Waals surface area contributed by atoms with Crippen molar-refractivity contribution in [3.63, 3.8) is 0 Å². The molecule has 0 aromatic carbocycles. The van der Waals surface area contributed by atoms with E-state index >= 15 is 0 Å². The van der Waals surface area contributed by atoms with Crippen molar-refractivity contribution in [1.82, 2.24) is 5.06 Å². The fraction of sp³-hybridized carbons (Fsp3) is 0.667. The van der Waals surface area contributed by atoms with Crippen LogP contribution in [0.25, 0.3) is 0 Å². The summed E-state index contributed by atoms with van der Waals surface area (Å²) in [5.41, 5.74) is -4.47. The van der Waals surface area contributed by atoms with Crippen molar-refractivity contribution in [2.45, 2.75) is 18.0 Å². The molecule has 0 N–H and O–H groups in total. The van der Waals surface area contributed by atoms with Crippen LogP contribution in [0, 0.1) is 17.8 Å². The molecule has 2 fully saturated rings. The van der Waals surface area contributed by atoms with Crippen LogP contribution in [0.5, 0.6) is 0 Å². The molecular weight excluding hydrogens is 243 g/mol. The summed E-state index contributed by atoms with van der Waals surface area (Å²) in [6.07, 6.45) is 4.81. The Bertz CT molecular complexity index is 370. The zero-order chi connectivity index (χ0) is 11.5. The average Bonchev–Trinajstić information content (AvgIpc) is 2.72. The summed E-state index contributed by atoms with van der Waals surface area (Å²) in [7, 11) is 0. The summed E-state index contributed by atoms with van der Waals surface area (Å²) < 4.78 is 40.2. The number of hydrogen-bond acceptors (Lipinski definition) is 3. The minimum atomic E-state index is -4.47. The number of rotatable bonds is 2. The third-order valence-corrected chi connectivity index (χ3v) is 3.83. The molecule has 1 saturated heterocycles. The third kappa shape index (κ3) is 1.37. The SMILES string of the molecule is O=C1C2C3C=CC(C3)C2N1OSC(F)(F)F. The molecule has 0 radical (unpaired) electrons. The van der Waals surface area contributed by atoms with Gasteiger partial charge in [0.25, 0.3) is 5.91 Å². The number of carbonyl (C=O) groups excluding carboxylic acids is 1. The van der Waals surface area contributed by atoms with Crippen LogP contribution >= 0.6 is 12.0 Å². The molecule has 16 heavy (non-hydrogen) atoms. The molecule has 0 spiro atoms. The highest BCUT2D eigenvalue weighted by molar-refractivity contribution is 7.95. The molecule has 1 amide bonds. The Kier molecular flexibility index (Phi) is 2.07. The second kappa shape index (κ2) is 3.16. The Morgan fingerprint density at radius 1 is 1.38 bits per heavy atom. The Balaban J connectivity index is 1.66. The van der Waals surface area contributed by atoms with Crippen LogP contribution in [-0.4, -0.2) is 22.5 Å². The van der Waals surface area contributed by atoms with E-state index in [9.17, 15) is 18.0 Å². The van der Waals surface area contributed by atoms with Crippen molar-refractivity contribution < 1.29 is 22.2 Å². The molecule has 0 aromatic heterocycles. The number of hydrogen-bond donors (Lipinski definition) is 0. The van der Waals surface area contributed by atoms with Gasteiger partial charge in [-0.15, -0.1) is 0 Å². The van der Waals surface area contributed by atoms with Gasteiger partial charge in [-0.3, -0.25) is 4.79 Å². The van der Waals surface area contributed by atoms with Gasteiger partial charge >= 0.3 is 5.51 Å². The summed E-state index contributed by atoms with van der Waals surface area (Å²) in [6, 6.07) is -0.183. The monoisotopic (exact) mass is 251 g/mol. The predicted octanol–water partition coefficient (Wildman–Crippen LogP) is 2.12. The predicted molar refractivity (Wildman–Crippen MR) is 49.6 cm³/mol. The Morgan fingerprint density at radius 2 is 2.06 bits per heavy atom. The van der Waals surface area contributed by atoms with Crippen LogP contribution in [0.4, 0.5) is 13.2 Å². The van der Waals surface area contributed by atoms with E-state index in [2.05, 4.69) is 4.28 Å². The maximum atomic E-state index is 11.9. The number of halogens is 3. The molecule has 4 unspecified atom stereocenters. The molecule has 3 rings (SSSR count). The molecule has 4 atom stereocenters. The number of fused-ring (bicyclic) bond motifs is 5. The zero-order valence-corrected chi connectivity index (χ0v) is 8.79. The molecule has 88 valence electrons. The van der Waals surface area contributed by atoms with Gasteiger partial charge in [0.05, 0.1) is 12.0 Å². The van der Waals surface area contributed by atoms with Crippen molar-refractivity contribution in [2.75, 3.05) is 0 Å². The van der Waals surface area contributed by atoms with E-state index in [1.54, 1.807) is 0 Å². The highest BCUT2D eigenvalue weighted by Crippen LogP contribution is 2.53.